The minimum absolute atomic E-state index is 0.0838. The summed E-state index contributed by atoms with van der Waals surface area (Å²) in [6.07, 6.45) is 5.97. The van der Waals surface area contributed by atoms with E-state index in [9.17, 15) is 9.59 Å². The average Bonchev–Trinajstić information content (AvgIpc) is 3.16. The van der Waals surface area contributed by atoms with Gasteiger partial charge in [-0.3, -0.25) is 14.2 Å². The molecule has 0 atom stereocenters. The van der Waals surface area contributed by atoms with Crippen molar-refractivity contribution < 1.29 is 14.3 Å². The Morgan fingerprint density at radius 2 is 2.13 bits per heavy atom. The van der Waals surface area contributed by atoms with E-state index in [4.69, 9.17) is 14.5 Å². The van der Waals surface area contributed by atoms with Crippen LogP contribution < -0.4 is 10.3 Å². The van der Waals surface area contributed by atoms with Crippen LogP contribution in [0.25, 0.3) is 15.9 Å². The Morgan fingerprint density at radius 1 is 1.29 bits per heavy atom. The van der Waals surface area contributed by atoms with E-state index in [1.165, 1.54) is 16.6 Å². The zero-order valence-corrected chi connectivity index (χ0v) is 19.4. The molecule has 0 N–H and O–H groups in total. The largest absolute Gasteiger partial charge is 0.497 e. The monoisotopic (exact) mass is 458 g/mol. The number of carbonyl (C=O) groups is 1. The molecular formula is C23H26N2O4S2. The van der Waals surface area contributed by atoms with Crippen molar-refractivity contribution in [1.29, 1.82) is 0 Å². The van der Waals surface area contributed by atoms with E-state index in [1.807, 2.05) is 24.3 Å². The Hall–Kier alpha value is -2.32. The van der Waals surface area contributed by atoms with Crippen molar-refractivity contribution in [2.45, 2.75) is 50.6 Å². The van der Waals surface area contributed by atoms with Crippen LogP contribution in [0.4, 0.5) is 0 Å². The van der Waals surface area contributed by atoms with Gasteiger partial charge in [0, 0.05) is 10.9 Å². The summed E-state index contributed by atoms with van der Waals surface area (Å²) in [5.41, 5.74) is 1.74. The Bertz CT molecular complexity index is 1150. The fourth-order valence-corrected chi connectivity index (χ4v) is 5.87. The summed E-state index contributed by atoms with van der Waals surface area (Å²) in [6, 6.07) is 7.36. The molecule has 1 aliphatic carbocycles. The van der Waals surface area contributed by atoms with Crippen molar-refractivity contribution >= 4 is 39.3 Å². The number of hydrogen-bond acceptors (Lipinski definition) is 7. The van der Waals surface area contributed by atoms with Crippen molar-refractivity contribution in [3.05, 3.63) is 45.1 Å². The first-order valence-electron chi connectivity index (χ1n) is 10.6. The highest BCUT2D eigenvalue weighted by Crippen LogP contribution is 2.35. The number of benzene rings is 1. The van der Waals surface area contributed by atoms with E-state index in [1.54, 1.807) is 23.0 Å². The molecule has 0 bridgehead atoms. The van der Waals surface area contributed by atoms with Gasteiger partial charge in [0.1, 0.15) is 10.6 Å². The molecule has 4 rings (SSSR count). The fraction of sp³-hybridized carbons (Fsp3) is 0.435. The minimum atomic E-state index is -0.296. The number of hydrogen-bond donors (Lipinski definition) is 0. The lowest BCUT2D eigenvalue weighted by atomic mass is 9.97. The Labute approximate surface area is 189 Å². The lowest BCUT2D eigenvalue weighted by Gasteiger charge is -2.14. The third kappa shape index (κ3) is 4.65. The highest BCUT2D eigenvalue weighted by Gasteiger charge is 2.23. The second kappa shape index (κ2) is 9.87. The summed E-state index contributed by atoms with van der Waals surface area (Å²) in [6.45, 7) is 2.47. The summed E-state index contributed by atoms with van der Waals surface area (Å²) in [5.74, 6) is 0.471. The molecular weight excluding hydrogens is 432 g/mol. The highest BCUT2D eigenvalue weighted by atomic mass is 32.2. The molecule has 0 saturated carbocycles. The Balaban J connectivity index is 1.77. The highest BCUT2D eigenvalue weighted by molar-refractivity contribution is 7.99. The van der Waals surface area contributed by atoms with Crippen LogP contribution in [-0.4, -0.2) is 35.0 Å². The van der Waals surface area contributed by atoms with Crippen molar-refractivity contribution in [2.24, 2.45) is 0 Å². The topological polar surface area (TPSA) is 70.4 Å². The van der Waals surface area contributed by atoms with Crippen molar-refractivity contribution in [3.8, 4) is 11.4 Å². The molecule has 1 aromatic carbocycles. The Kier molecular flexibility index (Phi) is 6.97. The predicted molar refractivity (Wildman–Crippen MR) is 125 cm³/mol. The molecule has 31 heavy (non-hydrogen) atoms. The number of thiophene rings is 1. The zero-order chi connectivity index (χ0) is 21.8. The molecule has 3 aromatic rings. The van der Waals surface area contributed by atoms with Crippen LogP contribution in [0.5, 0.6) is 5.75 Å². The van der Waals surface area contributed by atoms with Crippen LogP contribution in [0.2, 0.25) is 0 Å². The molecule has 8 heteroatoms. The number of thioether (sulfide) groups is 1. The molecule has 1 aliphatic rings. The molecule has 0 fully saturated rings. The molecule has 164 valence electrons. The van der Waals surface area contributed by atoms with Crippen LogP contribution in [0.1, 0.15) is 43.0 Å². The molecule has 0 aliphatic heterocycles. The average molecular weight is 459 g/mol. The maximum atomic E-state index is 13.7. The summed E-state index contributed by atoms with van der Waals surface area (Å²) < 4.78 is 12.2. The normalized spacial score (nSPS) is 13.2. The lowest BCUT2D eigenvalue weighted by Crippen LogP contribution is -2.23. The van der Waals surface area contributed by atoms with E-state index in [0.717, 1.165) is 54.3 Å². The van der Waals surface area contributed by atoms with Crippen LogP contribution in [-0.2, 0) is 22.4 Å². The van der Waals surface area contributed by atoms with Crippen LogP contribution in [0, 0.1) is 0 Å². The number of esters is 1. The SMILES string of the molecule is CCCCOC(=O)CSc1nc2sc3c(c2c(=O)n1-c1cccc(OC)c1)CCCC3. The number of ether oxygens (including phenoxy) is 2. The molecule has 0 spiro atoms. The first-order valence-corrected chi connectivity index (χ1v) is 12.4. The quantitative estimate of drug-likeness (QED) is 0.210. The molecule has 0 radical (unpaired) electrons. The van der Waals surface area contributed by atoms with Crippen molar-refractivity contribution in [1.82, 2.24) is 9.55 Å². The van der Waals surface area contributed by atoms with Gasteiger partial charge >= 0.3 is 5.97 Å². The van der Waals surface area contributed by atoms with E-state index < -0.39 is 0 Å². The standard InChI is InChI=1S/C23H26N2O4S2/c1-3-4-12-29-19(26)14-30-23-24-21-20(17-10-5-6-11-18(17)31-21)22(27)25(23)15-8-7-9-16(13-15)28-2/h7-9,13H,3-6,10-12,14H2,1-2H3. The molecule has 6 nitrogen and oxygen atoms in total. The second-order valence-corrected chi connectivity index (χ2v) is 9.52. The van der Waals surface area contributed by atoms with E-state index >= 15 is 0 Å². The van der Waals surface area contributed by atoms with Gasteiger partial charge in [0.05, 0.1) is 30.5 Å². The predicted octanol–water partition coefficient (Wildman–Crippen LogP) is 4.77. The fourth-order valence-electron chi connectivity index (χ4n) is 3.76. The number of aryl methyl sites for hydroxylation is 2. The number of unbranched alkanes of at least 4 members (excludes halogenated alkanes) is 1. The first-order chi connectivity index (χ1) is 15.1. The summed E-state index contributed by atoms with van der Waals surface area (Å²) in [7, 11) is 1.60. The third-order valence-electron chi connectivity index (χ3n) is 5.35. The number of methoxy groups -OCH3 is 1. The third-order valence-corrected chi connectivity index (χ3v) is 7.45. The van der Waals surface area contributed by atoms with Crippen LogP contribution in [0.3, 0.4) is 0 Å². The van der Waals surface area contributed by atoms with Gasteiger partial charge in [-0.05, 0) is 49.8 Å². The number of rotatable bonds is 8. The Morgan fingerprint density at radius 3 is 2.94 bits per heavy atom. The number of carbonyl (C=O) groups excluding carboxylic acids is 1. The molecule has 0 amide bonds. The maximum absolute atomic E-state index is 13.7. The number of nitrogens with zero attached hydrogens (tertiary/aromatic N) is 2. The van der Waals surface area contributed by atoms with Gasteiger partial charge in [0.15, 0.2) is 5.16 Å². The van der Waals surface area contributed by atoms with Gasteiger partial charge in [0.25, 0.3) is 5.56 Å². The molecule has 0 saturated heterocycles. The van der Waals surface area contributed by atoms with Crippen molar-refractivity contribution in [2.75, 3.05) is 19.5 Å². The minimum Gasteiger partial charge on any atom is -0.497 e. The molecule has 2 aromatic heterocycles. The zero-order valence-electron chi connectivity index (χ0n) is 17.8. The van der Waals surface area contributed by atoms with E-state index in [0.29, 0.717) is 23.2 Å². The first kappa shape index (κ1) is 21.9. The van der Waals surface area contributed by atoms with E-state index in [2.05, 4.69) is 6.92 Å². The molecule has 2 heterocycles. The van der Waals surface area contributed by atoms with Gasteiger partial charge in [-0.1, -0.05) is 31.2 Å². The van der Waals surface area contributed by atoms with Gasteiger partial charge in [0.2, 0.25) is 0 Å². The van der Waals surface area contributed by atoms with Crippen molar-refractivity contribution in [3.63, 3.8) is 0 Å². The van der Waals surface area contributed by atoms with Gasteiger partial charge in [-0.15, -0.1) is 11.3 Å². The second-order valence-electron chi connectivity index (χ2n) is 7.49. The van der Waals surface area contributed by atoms with Gasteiger partial charge in [-0.25, -0.2) is 4.98 Å². The van der Waals surface area contributed by atoms with Gasteiger partial charge in [-0.2, -0.15) is 0 Å². The van der Waals surface area contributed by atoms with E-state index in [-0.39, 0.29) is 17.3 Å². The number of fused-ring (bicyclic) bond motifs is 3. The summed E-state index contributed by atoms with van der Waals surface area (Å²) in [5, 5.41) is 1.22. The van der Waals surface area contributed by atoms with Crippen LogP contribution in [0.15, 0.2) is 34.2 Å². The maximum Gasteiger partial charge on any atom is 0.316 e. The summed E-state index contributed by atoms with van der Waals surface area (Å²) >= 11 is 2.85. The van der Waals surface area contributed by atoms with Crippen LogP contribution >= 0.6 is 23.1 Å². The number of aromatic nitrogens is 2. The summed E-state index contributed by atoms with van der Waals surface area (Å²) in [4.78, 5) is 32.7. The van der Waals surface area contributed by atoms with Gasteiger partial charge < -0.3 is 9.47 Å². The molecule has 0 unspecified atom stereocenters. The lowest BCUT2D eigenvalue weighted by molar-refractivity contribution is -0.140. The smallest absolute Gasteiger partial charge is 0.316 e.